The van der Waals surface area contributed by atoms with Crippen LogP contribution in [0.25, 0.3) is 0 Å². The highest BCUT2D eigenvalue weighted by atomic mass is 35.5. The van der Waals surface area contributed by atoms with Crippen LogP contribution in [0.3, 0.4) is 0 Å². The lowest BCUT2D eigenvalue weighted by Crippen LogP contribution is -2.43. The molecule has 2 unspecified atom stereocenters. The lowest BCUT2D eigenvalue weighted by atomic mass is 9.83. The first-order valence-corrected chi connectivity index (χ1v) is 14.2. The second kappa shape index (κ2) is 13.2. The van der Waals surface area contributed by atoms with Crippen LogP contribution in [0, 0.1) is 0 Å². The number of carbonyl (C=O) groups is 1. The largest absolute Gasteiger partial charge is 0.416 e. The average Bonchev–Trinajstić information content (AvgIpc) is 2.96. The summed E-state index contributed by atoms with van der Waals surface area (Å²) in [6.45, 7) is 1.36. The Bertz CT molecular complexity index is 1390. The molecule has 0 aliphatic carbocycles. The van der Waals surface area contributed by atoms with Crippen molar-refractivity contribution < 1.29 is 41.0 Å². The van der Waals surface area contributed by atoms with Crippen molar-refractivity contribution in [1.82, 2.24) is 4.90 Å². The van der Waals surface area contributed by atoms with E-state index < -0.39 is 52.4 Å². The van der Waals surface area contributed by atoms with E-state index in [0.717, 1.165) is 12.7 Å². The molecule has 0 saturated carbocycles. The number of rotatable bonds is 9. The summed E-state index contributed by atoms with van der Waals surface area (Å²) in [6.07, 6.45) is -10.9. The topological polar surface area (TPSA) is 49.8 Å². The van der Waals surface area contributed by atoms with Crippen LogP contribution < -0.4 is 0 Å². The van der Waals surface area contributed by atoms with Crippen molar-refractivity contribution in [3.8, 4) is 0 Å². The highest BCUT2D eigenvalue weighted by Gasteiger charge is 2.40. The minimum atomic E-state index is -5.09. The molecule has 1 saturated heterocycles. The van der Waals surface area contributed by atoms with Crippen LogP contribution >= 0.6 is 23.2 Å². The van der Waals surface area contributed by atoms with Crippen LogP contribution in [0.5, 0.6) is 0 Å². The third-order valence-corrected chi connectivity index (χ3v) is 8.56. The van der Waals surface area contributed by atoms with Crippen molar-refractivity contribution in [2.24, 2.45) is 0 Å². The number of benzene rings is 3. The van der Waals surface area contributed by atoms with Gasteiger partial charge >= 0.3 is 12.4 Å². The number of hydrogen-bond acceptors (Lipinski definition) is 4. The van der Waals surface area contributed by atoms with Gasteiger partial charge in [-0.1, -0.05) is 59.6 Å². The minimum absolute atomic E-state index is 0.00410. The standard InChI is InChI=1S/C31H29Cl2F6NO3/c1-43-28(20-15-22(30(34,35)36)18-23(16-20)31(37,38)39)27(41)24(19-7-8-25(32)26(33)17-19)9-12-40-13-10-29(42,11-14-40)21-5-3-2-4-6-21/h2-8,15-18,24,28,42H,9-14H2,1H3. The van der Waals surface area contributed by atoms with E-state index in [2.05, 4.69) is 0 Å². The van der Waals surface area contributed by atoms with Gasteiger partial charge in [0.2, 0.25) is 0 Å². The molecule has 12 heteroatoms. The summed E-state index contributed by atoms with van der Waals surface area (Å²) in [5.74, 6) is -1.73. The van der Waals surface area contributed by atoms with E-state index in [-0.39, 0.29) is 22.5 Å². The summed E-state index contributed by atoms with van der Waals surface area (Å²) in [7, 11) is 1.05. The highest BCUT2D eigenvalue weighted by Crippen LogP contribution is 2.40. The SMILES string of the molecule is COC(C(=O)C(CCN1CCC(O)(c2ccccc2)CC1)c1ccc(Cl)c(Cl)c1)c1cc(C(F)(F)F)cc(C(F)(F)F)c1. The van der Waals surface area contributed by atoms with Crippen molar-refractivity contribution in [3.63, 3.8) is 0 Å². The van der Waals surface area contributed by atoms with Gasteiger partial charge in [0, 0.05) is 26.1 Å². The van der Waals surface area contributed by atoms with Gasteiger partial charge in [-0.2, -0.15) is 26.3 Å². The van der Waals surface area contributed by atoms with Crippen LogP contribution in [0.2, 0.25) is 10.0 Å². The molecule has 0 aromatic heterocycles. The molecule has 0 spiro atoms. The number of ketones is 1. The van der Waals surface area contributed by atoms with Gasteiger partial charge in [0.1, 0.15) is 6.10 Å². The van der Waals surface area contributed by atoms with Crippen molar-refractivity contribution in [1.29, 1.82) is 0 Å². The van der Waals surface area contributed by atoms with Gasteiger partial charge in [-0.3, -0.25) is 4.79 Å². The number of alkyl halides is 6. The maximum Gasteiger partial charge on any atom is 0.416 e. The van der Waals surface area contributed by atoms with Crippen LogP contribution in [-0.4, -0.2) is 42.5 Å². The zero-order chi connectivity index (χ0) is 31.6. The molecule has 1 aliphatic rings. The molecule has 1 fully saturated rings. The molecule has 2 atom stereocenters. The molecule has 43 heavy (non-hydrogen) atoms. The predicted molar refractivity (Wildman–Crippen MR) is 151 cm³/mol. The van der Waals surface area contributed by atoms with Crippen LogP contribution in [0.4, 0.5) is 26.3 Å². The normalized spacial score (nSPS) is 17.4. The van der Waals surface area contributed by atoms with Gasteiger partial charge in [-0.15, -0.1) is 0 Å². The number of piperidine rings is 1. The van der Waals surface area contributed by atoms with Crippen LogP contribution in [0.1, 0.15) is 59.1 Å². The van der Waals surface area contributed by atoms with E-state index in [1.807, 2.05) is 35.2 Å². The Balaban J connectivity index is 1.62. The van der Waals surface area contributed by atoms with Crippen LogP contribution in [0.15, 0.2) is 66.7 Å². The number of carbonyl (C=O) groups excluding carboxylic acids is 1. The quantitative estimate of drug-likeness (QED) is 0.237. The molecule has 1 aliphatic heterocycles. The molecule has 3 aromatic carbocycles. The first-order chi connectivity index (χ1) is 20.1. The summed E-state index contributed by atoms with van der Waals surface area (Å²) >= 11 is 12.3. The lowest BCUT2D eigenvalue weighted by molar-refractivity contribution is -0.144. The Morgan fingerprint density at radius 1 is 0.884 bits per heavy atom. The van der Waals surface area contributed by atoms with E-state index in [9.17, 15) is 36.2 Å². The molecule has 1 heterocycles. The number of methoxy groups -OCH3 is 1. The van der Waals surface area contributed by atoms with Crippen LogP contribution in [-0.2, 0) is 27.5 Å². The molecule has 0 amide bonds. The Kier molecular flexibility index (Phi) is 10.2. The number of hydrogen-bond donors (Lipinski definition) is 1. The molecule has 232 valence electrons. The van der Waals surface area contributed by atoms with Gasteiger partial charge in [-0.25, -0.2) is 0 Å². The fourth-order valence-electron chi connectivity index (χ4n) is 5.43. The van der Waals surface area contributed by atoms with Gasteiger partial charge in [0.15, 0.2) is 5.78 Å². The molecule has 4 rings (SSSR count). The van der Waals surface area contributed by atoms with Crippen molar-refractivity contribution >= 4 is 29.0 Å². The van der Waals surface area contributed by atoms with E-state index in [1.165, 1.54) is 12.1 Å². The van der Waals surface area contributed by atoms with Crippen molar-refractivity contribution in [2.75, 3.05) is 26.7 Å². The summed E-state index contributed by atoms with van der Waals surface area (Å²) in [6, 6.07) is 14.7. The minimum Gasteiger partial charge on any atom is -0.385 e. The van der Waals surface area contributed by atoms with Crippen molar-refractivity contribution in [3.05, 3.63) is 105 Å². The second-order valence-electron chi connectivity index (χ2n) is 10.6. The Hall–Kier alpha value is -2.63. The first kappa shape index (κ1) is 33.3. The smallest absolute Gasteiger partial charge is 0.385 e. The Morgan fingerprint density at radius 3 is 1.98 bits per heavy atom. The zero-order valence-corrected chi connectivity index (χ0v) is 24.5. The van der Waals surface area contributed by atoms with Gasteiger partial charge in [-0.05, 0) is 72.8 Å². The molecule has 0 radical (unpaired) electrons. The van der Waals surface area contributed by atoms with E-state index >= 15 is 0 Å². The third kappa shape index (κ3) is 7.91. The van der Waals surface area contributed by atoms with Crippen molar-refractivity contribution in [2.45, 2.75) is 49.2 Å². The summed E-state index contributed by atoms with van der Waals surface area (Å²) < 4.78 is 86.6. The average molecular weight is 648 g/mol. The molecule has 0 bridgehead atoms. The number of Topliss-reactive ketones (excluding diaryl/α,β-unsaturated/α-hetero) is 1. The van der Waals surface area contributed by atoms with E-state index in [1.54, 1.807) is 6.07 Å². The Labute approximate surface area is 255 Å². The molecule has 3 aromatic rings. The van der Waals surface area contributed by atoms with E-state index in [0.29, 0.717) is 50.2 Å². The molecule has 4 nitrogen and oxygen atoms in total. The van der Waals surface area contributed by atoms with E-state index in [4.69, 9.17) is 27.9 Å². The number of likely N-dealkylation sites (tertiary alicyclic amines) is 1. The monoisotopic (exact) mass is 647 g/mol. The second-order valence-corrected chi connectivity index (χ2v) is 11.4. The maximum atomic E-state index is 13.9. The number of halogens is 8. The van der Waals surface area contributed by atoms with Gasteiger partial charge in [0.25, 0.3) is 0 Å². The summed E-state index contributed by atoms with van der Waals surface area (Å²) in [5, 5.41) is 11.5. The number of nitrogens with zero attached hydrogens (tertiary/aromatic N) is 1. The van der Waals surface area contributed by atoms with Gasteiger partial charge in [0.05, 0.1) is 26.8 Å². The summed E-state index contributed by atoms with van der Waals surface area (Å²) in [5.41, 5.74) is -3.46. The number of ether oxygens (including phenoxy) is 1. The third-order valence-electron chi connectivity index (χ3n) is 7.82. The fraction of sp³-hybridized carbons (Fsp3) is 0.387. The Morgan fingerprint density at radius 2 is 1.47 bits per heavy atom. The number of aliphatic hydroxyl groups is 1. The lowest BCUT2D eigenvalue weighted by Gasteiger charge is -2.39. The first-order valence-electron chi connectivity index (χ1n) is 13.4. The fourth-order valence-corrected chi connectivity index (χ4v) is 5.73. The highest BCUT2D eigenvalue weighted by molar-refractivity contribution is 6.42. The molecule has 1 N–H and O–H groups in total. The van der Waals surface area contributed by atoms with Gasteiger partial charge < -0.3 is 14.7 Å². The zero-order valence-electron chi connectivity index (χ0n) is 23.0. The summed E-state index contributed by atoms with van der Waals surface area (Å²) in [4.78, 5) is 16.0. The predicted octanol–water partition coefficient (Wildman–Crippen LogP) is 8.45. The molecular weight excluding hydrogens is 619 g/mol. The molecular formula is C31H29Cl2F6NO3. The maximum absolute atomic E-state index is 13.9.